The second-order valence-electron chi connectivity index (χ2n) is 4.98. The van der Waals surface area contributed by atoms with Crippen molar-refractivity contribution in [1.82, 2.24) is 15.6 Å². The van der Waals surface area contributed by atoms with Crippen molar-refractivity contribution in [1.29, 1.82) is 0 Å². The predicted molar refractivity (Wildman–Crippen MR) is 90.7 cm³/mol. The van der Waals surface area contributed by atoms with Crippen molar-refractivity contribution in [3.63, 3.8) is 0 Å². The van der Waals surface area contributed by atoms with Gasteiger partial charge in [-0.2, -0.15) is 0 Å². The van der Waals surface area contributed by atoms with Gasteiger partial charge in [-0.1, -0.05) is 23.7 Å². The summed E-state index contributed by atoms with van der Waals surface area (Å²) >= 11 is 5.82. The van der Waals surface area contributed by atoms with E-state index in [1.54, 1.807) is 36.7 Å². The van der Waals surface area contributed by atoms with E-state index in [-0.39, 0.29) is 31.4 Å². The Morgan fingerprint density at radius 2 is 2.00 bits per heavy atom. The lowest BCUT2D eigenvalue weighted by Gasteiger charge is -2.08. The normalized spacial score (nSPS) is 10.0. The highest BCUT2D eigenvalue weighted by atomic mass is 35.5. The first-order chi connectivity index (χ1) is 11.6. The molecule has 0 atom stereocenters. The third-order valence-corrected chi connectivity index (χ3v) is 3.29. The van der Waals surface area contributed by atoms with Crippen LogP contribution < -0.4 is 15.4 Å². The van der Waals surface area contributed by atoms with Crippen LogP contribution in [0.15, 0.2) is 48.8 Å². The molecule has 126 valence electrons. The number of carbonyl (C=O) groups is 2. The molecule has 2 aromatic rings. The van der Waals surface area contributed by atoms with Gasteiger partial charge in [-0.25, -0.2) is 0 Å². The number of hydrogen-bond donors (Lipinski definition) is 2. The average molecular weight is 348 g/mol. The molecule has 6 nitrogen and oxygen atoms in total. The van der Waals surface area contributed by atoms with Gasteiger partial charge in [0, 0.05) is 36.9 Å². The molecule has 0 spiro atoms. The zero-order chi connectivity index (χ0) is 17.2. The van der Waals surface area contributed by atoms with E-state index in [0.717, 1.165) is 5.56 Å². The maximum Gasteiger partial charge on any atom is 0.257 e. The number of halogens is 1. The number of carbonyl (C=O) groups excluding carboxylic acids is 2. The van der Waals surface area contributed by atoms with E-state index in [9.17, 15) is 9.59 Å². The quantitative estimate of drug-likeness (QED) is 0.764. The van der Waals surface area contributed by atoms with Crippen LogP contribution in [0.5, 0.6) is 5.75 Å². The molecule has 0 radical (unpaired) electrons. The van der Waals surface area contributed by atoms with Gasteiger partial charge >= 0.3 is 0 Å². The topological polar surface area (TPSA) is 80.3 Å². The van der Waals surface area contributed by atoms with Crippen molar-refractivity contribution in [2.75, 3.05) is 13.2 Å². The van der Waals surface area contributed by atoms with Crippen LogP contribution in [0.2, 0.25) is 5.02 Å². The summed E-state index contributed by atoms with van der Waals surface area (Å²) in [6.07, 6.45) is 3.56. The summed E-state index contributed by atoms with van der Waals surface area (Å²) in [4.78, 5) is 27.3. The molecule has 1 aromatic carbocycles. The van der Waals surface area contributed by atoms with Gasteiger partial charge in [0.15, 0.2) is 6.61 Å². The van der Waals surface area contributed by atoms with Gasteiger partial charge in [0.1, 0.15) is 5.75 Å². The van der Waals surface area contributed by atoms with E-state index in [4.69, 9.17) is 16.3 Å². The van der Waals surface area contributed by atoms with Crippen molar-refractivity contribution in [2.45, 2.75) is 13.0 Å². The molecule has 1 heterocycles. The second kappa shape index (κ2) is 9.52. The Kier molecular flexibility index (Phi) is 7.04. The second-order valence-corrected chi connectivity index (χ2v) is 5.42. The highest BCUT2D eigenvalue weighted by Gasteiger charge is 2.05. The molecule has 0 unspecified atom stereocenters. The summed E-state index contributed by atoms with van der Waals surface area (Å²) in [5, 5.41) is 5.93. The molecule has 2 amide bonds. The molecule has 1 aromatic heterocycles. The van der Waals surface area contributed by atoms with Gasteiger partial charge in [-0.05, 0) is 29.8 Å². The lowest BCUT2D eigenvalue weighted by molar-refractivity contribution is -0.123. The van der Waals surface area contributed by atoms with Crippen LogP contribution in [0, 0.1) is 0 Å². The molecule has 2 rings (SSSR count). The van der Waals surface area contributed by atoms with Gasteiger partial charge in [0.05, 0.1) is 0 Å². The molecular weight excluding hydrogens is 330 g/mol. The Morgan fingerprint density at radius 3 is 2.75 bits per heavy atom. The van der Waals surface area contributed by atoms with E-state index in [1.807, 2.05) is 12.1 Å². The molecule has 0 fully saturated rings. The van der Waals surface area contributed by atoms with E-state index in [1.165, 1.54) is 0 Å². The fourth-order valence-electron chi connectivity index (χ4n) is 1.86. The number of ether oxygens (including phenoxy) is 1. The zero-order valence-electron chi connectivity index (χ0n) is 13.0. The largest absolute Gasteiger partial charge is 0.484 e. The highest BCUT2D eigenvalue weighted by molar-refractivity contribution is 6.30. The van der Waals surface area contributed by atoms with E-state index in [0.29, 0.717) is 17.3 Å². The highest BCUT2D eigenvalue weighted by Crippen LogP contribution is 2.16. The van der Waals surface area contributed by atoms with Crippen LogP contribution in [0.3, 0.4) is 0 Å². The first-order valence-corrected chi connectivity index (χ1v) is 7.82. The van der Waals surface area contributed by atoms with Crippen molar-refractivity contribution >= 4 is 23.4 Å². The summed E-state index contributed by atoms with van der Waals surface area (Å²) in [7, 11) is 0. The Bertz CT molecular complexity index is 680. The number of benzene rings is 1. The Hall–Kier alpha value is -2.60. The fourth-order valence-corrected chi connectivity index (χ4v) is 2.04. The van der Waals surface area contributed by atoms with Crippen LogP contribution in [0.25, 0.3) is 0 Å². The van der Waals surface area contributed by atoms with Crippen molar-refractivity contribution in [3.8, 4) is 5.75 Å². The van der Waals surface area contributed by atoms with Gasteiger partial charge < -0.3 is 15.4 Å². The monoisotopic (exact) mass is 347 g/mol. The molecular formula is C17H18ClN3O3. The molecule has 0 aliphatic carbocycles. The predicted octanol–water partition coefficient (Wildman–Crippen LogP) is 1.94. The number of pyridine rings is 1. The molecule has 24 heavy (non-hydrogen) atoms. The maximum absolute atomic E-state index is 11.7. The van der Waals surface area contributed by atoms with Crippen LogP contribution in [0.4, 0.5) is 0 Å². The number of nitrogens with zero attached hydrogens (tertiary/aromatic N) is 1. The Balaban J connectivity index is 1.59. The van der Waals surface area contributed by atoms with Crippen LogP contribution in [0.1, 0.15) is 12.0 Å². The third kappa shape index (κ3) is 6.66. The number of amides is 2. The minimum atomic E-state index is -0.296. The zero-order valence-corrected chi connectivity index (χ0v) is 13.8. The molecule has 2 N–H and O–H groups in total. The van der Waals surface area contributed by atoms with Gasteiger partial charge in [-0.3, -0.25) is 14.6 Å². The summed E-state index contributed by atoms with van der Waals surface area (Å²) in [6.45, 7) is 0.534. The van der Waals surface area contributed by atoms with E-state index in [2.05, 4.69) is 15.6 Å². The number of hydrogen-bond acceptors (Lipinski definition) is 4. The van der Waals surface area contributed by atoms with Crippen molar-refractivity contribution in [2.24, 2.45) is 0 Å². The van der Waals surface area contributed by atoms with Crippen molar-refractivity contribution in [3.05, 3.63) is 59.4 Å². The number of aromatic nitrogens is 1. The van der Waals surface area contributed by atoms with E-state index < -0.39 is 0 Å². The lowest BCUT2D eigenvalue weighted by atomic mass is 10.3. The minimum Gasteiger partial charge on any atom is -0.484 e. The maximum atomic E-state index is 11.7. The molecule has 0 saturated carbocycles. The average Bonchev–Trinajstić information content (AvgIpc) is 2.59. The summed E-state index contributed by atoms with van der Waals surface area (Å²) in [5.41, 5.74) is 0.921. The molecule has 0 aliphatic heterocycles. The first-order valence-electron chi connectivity index (χ1n) is 7.44. The van der Waals surface area contributed by atoms with Crippen LogP contribution >= 0.6 is 11.6 Å². The number of rotatable bonds is 8. The first kappa shape index (κ1) is 17.7. The van der Waals surface area contributed by atoms with Crippen molar-refractivity contribution < 1.29 is 14.3 Å². The summed E-state index contributed by atoms with van der Waals surface area (Å²) in [6, 6.07) is 10.5. The van der Waals surface area contributed by atoms with Gasteiger partial charge in [0.2, 0.25) is 5.91 Å². The molecule has 0 aliphatic rings. The molecule has 0 bridgehead atoms. The third-order valence-electron chi connectivity index (χ3n) is 3.05. The van der Waals surface area contributed by atoms with Crippen LogP contribution in [-0.2, 0) is 16.1 Å². The molecule has 7 heteroatoms. The fraction of sp³-hybridized carbons (Fsp3) is 0.235. The van der Waals surface area contributed by atoms with Gasteiger partial charge in [0.25, 0.3) is 5.91 Å². The Morgan fingerprint density at radius 1 is 1.12 bits per heavy atom. The summed E-state index contributed by atoms with van der Waals surface area (Å²) in [5.74, 6) is 0.0804. The SMILES string of the molecule is O=C(CCNC(=O)COc1cccc(Cl)c1)NCc1cccnc1. The summed E-state index contributed by atoms with van der Waals surface area (Å²) < 4.78 is 5.31. The lowest BCUT2D eigenvalue weighted by Crippen LogP contribution is -2.33. The van der Waals surface area contributed by atoms with E-state index >= 15 is 0 Å². The molecule has 0 saturated heterocycles. The standard InChI is InChI=1S/C17H18ClN3O3/c18-14-4-1-5-15(9-14)24-12-17(23)20-8-6-16(22)21-11-13-3-2-7-19-10-13/h1-5,7,9-10H,6,8,11-12H2,(H,20,23)(H,21,22). The smallest absolute Gasteiger partial charge is 0.257 e. The number of nitrogens with one attached hydrogen (secondary N) is 2. The van der Waals surface area contributed by atoms with Gasteiger partial charge in [-0.15, -0.1) is 0 Å². The minimum absolute atomic E-state index is 0.127. The van der Waals surface area contributed by atoms with Crippen LogP contribution in [-0.4, -0.2) is 29.9 Å². The Labute approximate surface area is 145 Å².